The average molecular weight is 418 g/mol. The summed E-state index contributed by atoms with van der Waals surface area (Å²) in [5, 5.41) is 3.12. The third-order valence-corrected chi connectivity index (χ3v) is 4.61. The maximum absolute atomic E-state index is 11.8. The number of benzene rings is 4. The number of hydrogen-bond donors (Lipinski definition) is 0. The van der Waals surface area contributed by atoms with Gasteiger partial charge >= 0.3 is 12.3 Å². The molecule has 0 unspecified atom stereocenters. The van der Waals surface area contributed by atoms with Crippen LogP contribution in [0, 0.1) is 0 Å². The highest BCUT2D eigenvalue weighted by molar-refractivity contribution is 5.95. The van der Waals surface area contributed by atoms with Gasteiger partial charge in [0, 0.05) is 10.8 Å². The Morgan fingerprint density at radius 2 is 1.00 bits per heavy atom. The molecule has 4 aromatic rings. The number of carbonyl (C=O) groups excluding carboxylic acids is 2. The van der Waals surface area contributed by atoms with Gasteiger partial charge in [-0.2, -0.15) is 0 Å². The number of ether oxygens (including phenoxy) is 5. The van der Waals surface area contributed by atoms with Gasteiger partial charge in [0.1, 0.15) is 0 Å². The van der Waals surface area contributed by atoms with E-state index in [9.17, 15) is 9.59 Å². The van der Waals surface area contributed by atoms with Crippen molar-refractivity contribution in [1.82, 2.24) is 0 Å². The standard InChI is InChI=1S/C24H18O7/c1-27-23(25)29-19-13-11-15-7-3-5-9-17(15)21(19)31-22-18-10-6-4-8-16(18)12-14-20(22)30-24(26)28-2/h3-14H,1-2H3. The number of methoxy groups -OCH3 is 2. The van der Waals surface area contributed by atoms with E-state index in [0.29, 0.717) is 10.8 Å². The Hall–Kier alpha value is -4.26. The molecule has 156 valence electrons. The highest BCUT2D eigenvalue weighted by Gasteiger charge is 2.20. The predicted octanol–water partition coefficient (Wildman–Crippen LogP) is 6.08. The Bertz CT molecular complexity index is 1180. The van der Waals surface area contributed by atoms with Crippen LogP contribution in [-0.4, -0.2) is 26.5 Å². The quantitative estimate of drug-likeness (QED) is 0.294. The molecule has 0 N–H and O–H groups in total. The molecule has 4 aromatic carbocycles. The molecule has 0 amide bonds. The van der Waals surface area contributed by atoms with E-state index in [1.807, 2.05) is 48.5 Å². The topological polar surface area (TPSA) is 80.3 Å². The predicted molar refractivity (Wildman–Crippen MR) is 114 cm³/mol. The molecule has 0 heterocycles. The van der Waals surface area contributed by atoms with Crippen LogP contribution in [0.25, 0.3) is 21.5 Å². The third-order valence-electron chi connectivity index (χ3n) is 4.61. The van der Waals surface area contributed by atoms with E-state index in [1.54, 1.807) is 24.3 Å². The minimum atomic E-state index is -0.885. The van der Waals surface area contributed by atoms with Gasteiger partial charge in [-0.05, 0) is 22.9 Å². The van der Waals surface area contributed by atoms with Crippen molar-refractivity contribution < 1.29 is 33.3 Å². The van der Waals surface area contributed by atoms with Crippen LogP contribution in [0.4, 0.5) is 9.59 Å². The Labute approximate surface area is 177 Å². The molecule has 0 aliphatic carbocycles. The lowest BCUT2D eigenvalue weighted by atomic mass is 10.1. The maximum atomic E-state index is 11.8. The maximum Gasteiger partial charge on any atom is 0.513 e. The number of carbonyl (C=O) groups is 2. The monoisotopic (exact) mass is 418 g/mol. The lowest BCUT2D eigenvalue weighted by molar-refractivity contribution is 0.120. The van der Waals surface area contributed by atoms with Gasteiger partial charge < -0.3 is 23.7 Å². The molecular formula is C24H18O7. The molecule has 0 aliphatic rings. The normalized spacial score (nSPS) is 10.5. The SMILES string of the molecule is COC(=O)Oc1ccc2ccccc2c1Oc1c(OC(=O)OC)ccc2ccccc12. The van der Waals surface area contributed by atoms with E-state index in [2.05, 4.69) is 9.47 Å². The number of fused-ring (bicyclic) bond motifs is 2. The summed E-state index contributed by atoms with van der Waals surface area (Å²) in [4.78, 5) is 23.6. The van der Waals surface area contributed by atoms with Crippen LogP contribution in [0.15, 0.2) is 72.8 Å². The van der Waals surface area contributed by atoms with Gasteiger partial charge in [0.15, 0.2) is 23.0 Å². The van der Waals surface area contributed by atoms with Gasteiger partial charge in [0.05, 0.1) is 14.2 Å². The molecule has 0 atom stereocenters. The van der Waals surface area contributed by atoms with Crippen LogP contribution in [0.2, 0.25) is 0 Å². The first-order valence-electron chi connectivity index (χ1n) is 9.33. The minimum absolute atomic E-state index is 0.155. The molecule has 0 radical (unpaired) electrons. The second kappa shape index (κ2) is 8.62. The molecule has 0 fully saturated rings. The van der Waals surface area contributed by atoms with Gasteiger partial charge in [-0.15, -0.1) is 0 Å². The van der Waals surface area contributed by atoms with Gasteiger partial charge in [-0.3, -0.25) is 0 Å². The average Bonchev–Trinajstić information content (AvgIpc) is 2.81. The molecule has 0 aliphatic heterocycles. The first-order valence-corrected chi connectivity index (χ1v) is 9.33. The van der Waals surface area contributed by atoms with Crippen molar-refractivity contribution in [1.29, 1.82) is 0 Å². The first-order chi connectivity index (χ1) is 15.1. The third kappa shape index (κ3) is 4.06. The van der Waals surface area contributed by atoms with E-state index < -0.39 is 12.3 Å². The molecule has 0 bridgehead atoms. The lowest BCUT2D eigenvalue weighted by Crippen LogP contribution is -2.09. The van der Waals surface area contributed by atoms with Crippen molar-refractivity contribution in [2.45, 2.75) is 0 Å². The van der Waals surface area contributed by atoms with E-state index >= 15 is 0 Å². The summed E-state index contributed by atoms with van der Waals surface area (Å²) >= 11 is 0. The van der Waals surface area contributed by atoms with Gasteiger partial charge in [0.2, 0.25) is 0 Å². The van der Waals surface area contributed by atoms with Crippen molar-refractivity contribution in [3.05, 3.63) is 72.8 Å². The smallest absolute Gasteiger partial charge is 0.448 e. The molecule has 0 spiro atoms. The molecule has 7 heteroatoms. The Kier molecular flexibility index (Phi) is 5.57. The molecule has 4 rings (SSSR count). The van der Waals surface area contributed by atoms with E-state index in [4.69, 9.17) is 14.2 Å². The van der Waals surface area contributed by atoms with Crippen LogP contribution in [0.5, 0.6) is 23.0 Å². The molecule has 0 aromatic heterocycles. The Morgan fingerprint density at radius 1 is 0.581 bits per heavy atom. The molecule has 7 nitrogen and oxygen atoms in total. The van der Waals surface area contributed by atoms with Crippen molar-refractivity contribution in [2.24, 2.45) is 0 Å². The second-order valence-electron chi connectivity index (χ2n) is 6.44. The zero-order valence-electron chi connectivity index (χ0n) is 16.8. The zero-order chi connectivity index (χ0) is 21.8. The minimum Gasteiger partial charge on any atom is -0.448 e. The fourth-order valence-corrected chi connectivity index (χ4v) is 3.18. The molecule has 0 saturated carbocycles. The lowest BCUT2D eigenvalue weighted by Gasteiger charge is -2.17. The van der Waals surface area contributed by atoms with Crippen molar-refractivity contribution >= 4 is 33.9 Å². The molecular weight excluding hydrogens is 400 g/mol. The van der Waals surface area contributed by atoms with Crippen LogP contribution in [-0.2, 0) is 9.47 Å². The highest BCUT2D eigenvalue weighted by atomic mass is 16.7. The number of hydrogen-bond acceptors (Lipinski definition) is 7. The highest BCUT2D eigenvalue weighted by Crippen LogP contribution is 2.44. The zero-order valence-corrected chi connectivity index (χ0v) is 16.8. The number of rotatable bonds is 4. The fourth-order valence-electron chi connectivity index (χ4n) is 3.18. The van der Waals surface area contributed by atoms with Crippen molar-refractivity contribution in [3.8, 4) is 23.0 Å². The van der Waals surface area contributed by atoms with E-state index in [1.165, 1.54) is 14.2 Å². The van der Waals surface area contributed by atoms with Gasteiger partial charge in [-0.1, -0.05) is 60.7 Å². The van der Waals surface area contributed by atoms with Gasteiger partial charge in [-0.25, -0.2) is 9.59 Å². The van der Waals surface area contributed by atoms with E-state index in [-0.39, 0.29) is 23.0 Å². The summed E-state index contributed by atoms with van der Waals surface area (Å²) in [6.45, 7) is 0. The van der Waals surface area contributed by atoms with Crippen LogP contribution >= 0.6 is 0 Å². The van der Waals surface area contributed by atoms with Crippen LogP contribution in [0.3, 0.4) is 0 Å². The summed E-state index contributed by atoms with van der Waals surface area (Å²) in [6, 6.07) is 21.7. The molecule has 0 saturated heterocycles. The van der Waals surface area contributed by atoms with Crippen molar-refractivity contribution in [2.75, 3.05) is 14.2 Å². The summed E-state index contributed by atoms with van der Waals surface area (Å²) in [5.74, 6) is 0.856. The van der Waals surface area contributed by atoms with Gasteiger partial charge in [0.25, 0.3) is 0 Å². The van der Waals surface area contributed by atoms with Crippen molar-refractivity contribution in [3.63, 3.8) is 0 Å². The largest absolute Gasteiger partial charge is 0.513 e. The summed E-state index contributed by atoms with van der Waals surface area (Å²) in [6.07, 6.45) is -1.77. The summed E-state index contributed by atoms with van der Waals surface area (Å²) in [7, 11) is 2.44. The van der Waals surface area contributed by atoms with E-state index in [0.717, 1.165) is 10.8 Å². The van der Waals surface area contributed by atoms with Crippen LogP contribution < -0.4 is 14.2 Å². The molecule has 31 heavy (non-hydrogen) atoms. The fraction of sp³-hybridized carbons (Fsp3) is 0.0833. The summed E-state index contributed by atoms with van der Waals surface area (Å²) < 4.78 is 26.2. The summed E-state index contributed by atoms with van der Waals surface area (Å²) in [5.41, 5.74) is 0. The Balaban J connectivity index is 1.92. The second-order valence-corrected chi connectivity index (χ2v) is 6.44. The van der Waals surface area contributed by atoms with Crippen LogP contribution in [0.1, 0.15) is 0 Å². The first kappa shape index (κ1) is 20.0. The Morgan fingerprint density at radius 3 is 1.42 bits per heavy atom.